The summed E-state index contributed by atoms with van der Waals surface area (Å²) in [5.41, 5.74) is 8.26. The molecule has 0 aliphatic rings. The fraction of sp³-hybridized carbons (Fsp3) is 0.286. The van der Waals surface area contributed by atoms with E-state index in [0.717, 1.165) is 29.9 Å². The maximum Gasteiger partial charge on any atom is 0.123 e. The topological polar surface area (TPSA) is 56.7 Å². The van der Waals surface area contributed by atoms with Gasteiger partial charge in [0.15, 0.2) is 0 Å². The zero-order chi connectivity index (χ0) is 13.7. The SMILES string of the molecule is CCCn1nnc(CN)c1/C=C/c1ccc(F)cc1. The van der Waals surface area contributed by atoms with Gasteiger partial charge in [-0.15, -0.1) is 5.10 Å². The highest BCUT2D eigenvalue weighted by Gasteiger charge is 2.07. The van der Waals surface area contributed by atoms with Gasteiger partial charge in [-0.25, -0.2) is 9.07 Å². The van der Waals surface area contributed by atoms with Crippen molar-refractivity contribution in [1.82, 2.24) is 15.0 Å². The molecule has 5 heteroatoms. The first kappa shape index (κ1) is 13.4. The molecule has 0 amide bonds. The van der Waals surface area contributed by atoms with E-state index in [1.807, 2.05) is 16.8 Å². The quantitative estimate of drug-likeness (QED) is 0.898. The maximum atomic E-state index is 12.8. The lowest BCUT2D eigenvalue weighted by molar-refractivity contribution is 0.575. The maximum absolute atomic E-state index is 12.8. The Bertz CT molecular complexity index is 557. The van der Waals surface area contributed by atoms with E-state index in [4.69, 9.17) is 5.73 Å². The molecule has 2 aromatic rings. The molecule has 100 valence electrons. The molecule has 1 heterocycles. The van der Waals surface area contributed by atoms with Crippen molar-refractivity contribution in [3.05, 3.63) is 47.0 Å². The minimum atomic E-state index is -0.238. The summed E-state index contributed by atoms with van der Waals surface area (Å²) in [6, 6.07) is 6.32. The van der Waals surface area contributed by atoms with E-state index in [2.05, 4.69) is 17.2 Å². The monoisotopic (exact) mass is 260 g/mol. The van der Waals surface area contributed by atoms with Crippen molar-refractivity contribution in [2.75, 3.05) is 0 Å². The third kappa shape index (κ3) is 3.26. The summed E-state index contributed by atoms with van der Waals surface area (Å²) < 4.78 is 14.7. The normalized spacial score (nSPS) is 11.3. The van der Waals surface area contributed by atoms with Gasteiger partial charge < -0.3 is 5.73 Å². The van der Waals surface area contributed by atoms with Gasteiger partial charge in [-0.1, -0.05) is 30.3 Å². The molecule has 0 saturated carbocycles. The van der Waals surface area contributed by atoms with E-state index in [9.17, 15) is 4.39 Å². The van der Waals surface area contributed by atoms with E-state index < -0.39 is 0 Å². The second-order valence-electron chi connectivity index (χ2n) is 4.23. The van der Waals surface area contributed by atoms with Gasteiger partial charge in [-0.3, -0.25) is 0 Å². The fourth-order valence-corrected chi connectivity index (χ4v) is 1.81. The second-order valence-corrected chi connectivity index (χ2v) is 4.23. The third-order valence-corrected chi connectivity index (χ3v) is 2.78. The predicted molar refractivity (Wildman–Crippen MR) is 73.5 cm³/mol. The Balaban J connectivity index is 2.26. The first-order chi connectivity index (χ1) is 9.24. The smallest absolute Gasteiger partial charge is 0.123 e. The van der Waals surface area contributed by atoms with Crippen LogP contribution in [0.25, 0.3) is 12.2 Å². The van der Waals surface area contributed by atoms with Gasteiger partial charge in [0.25, 0.3) is 0 Å². The molecule has 0 unspecified atom stereocenters. The first-order valence-corrected chi connectivity index (χ1v) is 6.30. The molecule has 0 radical (unpaired) electrons. The van der Waals surface area contributed by atoms with E-state index in [-0.39, 0.29) is 5.82 Å². The van der Waals surface area contributed by atoms with Crippen molar-refractivity contribution >= 4 is 12.2 Å². The summed E-state index contributed by atoms with van der Waals surface area (Å²) >= 11 is 0. The molecule has 2 rings (SSSR count). The molecular formula is C14H17FN4. The molecular weight excluding hydrogens is 243 g/mol. The van der Waals surface area contributed by atoms with Gasteiger partial charge in [0.2, 0.25) is 0 Å². The Morgan fingerprint density at radius 1 is 1.26 bits per heavy atom. The average molecular weight is 260 g/mol. The first-order valence-electron chi connectivity index (χ1n) is 6.30. The molecule has 1 aromatic heterocycles. The van der Waals surface area contributed by atoms with E-state index in [1.54, 1.807) is 12.1 Å². The largest absolute Gasteiger partial charge is 0.325 e. The average Bonchev–Trinajstić information content (AvgIpc) is 2.81. The third-order valence-electron chi connectivity index (χ3n) is 2.78. The Labute approximate surface area is 111 Å². The van der Waals surface area contributed by atoms with E-state index in [1.165, 1.54) is 12.1 Å². The Morgan fingerprint density at radius 3 is 2.63 bits per heavy atom. The van der Waals surface area contributed by atoms with Gasteiger partial charge in [0.05, 0.1) is 5.69 Å². The van der Waals surface area contributed by atoms with Gasteiger partial charge in [0, 0.05) is 13.1 Å². The molecule has 4 nitrogen and oxygen atoms in total. The van der Waals surface area contributed by atoms with E-state index >= 15 is 0 Å². The molecule has 0 aliphatic carbocycles. The Kier molecular flexibility index (Phi) is 4.41. The van der Waals surface area contributed by atoms with Crippen molar-refractivity contribution in [3.63, 3.8) is 0 Å². The molecule has 2 N–H and O–H groups in total. The number of rotatable bonds is 5. The molecule has 0 bridgehead atoms. The van der Waals surface area contributed by atoms with Crippen LogP contribution >= 0.6 is 0 Å². The van der Waals surface area contributed by atoms with Crippen LogP contribution < -0.4 is 5.73 Å². The number of aryl methyl sites for hydroxylation is 1. The van der Waals surface area contributed by atoms with Crippen molar-refractivity contribution in [2.45, 2.75) is 26.4 Å². The highest BCUT2D eigenvalue weighted by Crippen LogP contribution is 2.12. The number of hydrogen-bond acceptors (Lipinski definition) is 3. The van der Waals surface area contributed by atoms with Crippen LogP contribution in [0.1, 0.15) is 30.3 Å². The number of halogens is 1. The molecule has 0 spiro atoms. The number of nitrogens with zero attached hydrogens (tertiary/aromatic N) is 3. The highest BCUT2D eigenvalue weighted by molar-refractivity contribution is 5.68. The molecule has 19 heavy (non-hydrogen) atoms. The lowest BCUT2D eigenvalue weighted by Crippen LogP contribution is -2.03. The zero-order valence-corrected chi connectivity index (χ0v) is 10.9. The highest BCUT2D eigenvalue weighted by atomic mass is 19.1. The zero-order valence-electron chi connectivity index (χ0n) is 10.9. The Hall–Kier alpha value is -2.01. The second kappa shape index (κ2) is 6.24. The van der Waals surface area contributed by atoms with Crippen LogP contribution in [0.2, 0.25) is 0 Å². The Morgan fingerprint density at radius 2 is 2.00 bits per heavy atom. The molecule has 0 aliphatic heterocycles. The summed E-state index contributed by atoms with van der Waals surface area (Å²) in [6.07, 6.45) is 4.80. The van der Waals surface area contributed by atoms with Crippen LogP contribution in [0.15, 0.2) is 24.3 Å². The minimum absolute atomic E-state index is 0.238. The number of hydrogen-bond donors (Lipinski definition) is 1. The van der Waals surface area contributed by atoms with Crippen molar-refractivity contribution < 1.29 is 4.39 Å². The number of nitrogens with two attached hydrogens (primary N) is 1. The number of benzene rings is 1. The van der Waals surface area contributed by atoms with Gasteiger partial charge >= 0.3 is 0 Å². The predicted octanol–water partition coefficient (Wildman–Crippen LogP) is 2.46. The van der Waals surface area contributed by atoms with Crippen molar-refractivity contribution in [3.8, 4) is 0 Å². The van der Waals surface area contributed by atoms with Crippen LogP contribution in [0, 0.1) is 5.82 Å². The van der Waals surface area contributed by atoms with Gasteiger partial charge in [-0.2, -0.15) is 0 Å². The molecule has 0 saturated heterocycles. The minimum Gasteiger partial charge on any atom is -0.325 e. The van der Waals surface area contributed by atoms with Crippen LogP contribution in [-0.4, -0.2) is 15.0 Å². The summed E-state index contributed by atoms with van der Waals surface area (Å²) in [6.45, 7) is 3.24. The van der Waals surface area contributed by atoms with Gasteiger partial charge in [-0.05, 0) is 30.2 Å². The lowest BCUT2D eigenvalue weighted by atomic mass is 10.2. The van der Waals surface area contributed by atoms with Crippen LogP contribution in [0.3, 0.4) is 0 Å². The summed E-state index contributed by atoms with van der Waals surface area (Å²) in [5.74, 6) is -0.238. The summed E-state index contributed by atoms with van der Waals surface area (Å²) in [7, 11) is 0. The van der Waals surface area contributed by atoms with Crippen LogP contribution in [0.4, 0.5) is 4.39 Å². The van der Waals surface area contributed by atoms with Crippen LogP contribution in [0.5, 0.6) is 0 Å². The van der Waals surface area contributed by atoms with Crippen molar-refractivity contribution in [2.24, 2.45) is 5.73 Å². The number of aromatic nitrogens is 3. The summed E-state index contributed by atoms with van der Waals surface area (Å²) in [5, 5.41) is 8.13. The fourth-order valence-electron chi connectivity index (χ4n) is 1.81. The standard InChI is InChI=1S/C14H17FN4/c1-2-9-19-14(13(10-16)17-18-19)8-5-11-3-6-12(15)7-4-11/h3-8H,2,9-10,16H2,1H3/b8-5+. The van der Waals surface area contributed by atoms with Crippen molar-refractivity contribution in [1.29, 1.82) is 0 Å². The lowest BCUT2D eigenvalue weighted by Gasteiger charge is -2.01. The molecule has 0 fully saturated rings. The van der Waals surface area contributed by atoms with Gasteiger partial charge in [0.1, 0.15) is 11.5 Å². The van der Waals surface area contributed by atoms with Crippen LogP contribution in [-0.2, 0) is 13.1 Å². The summed E-state index contributed by atoms with van der Waals surface area (Å²) in [4.78, 5) is 0. The molecule has 1 aromatic carbocycles. The molecule has 0 atom stereocenters. The van der Waals surface area contributed by atoms with E-state index in [0.29, 0.717) is 6.54 Å².